The highest BCUT2D eigenvalue weighted by atomic mass is 32.1. The Kier molecular flexibility index (Phi) is 4.47. The standard InChI is InChI=1S/C27H26N4O2S/c32-25(18-1-2-18)30-11-7-17(15-30)16-31-24(29-27(9-10-27)26(31)33)22-5-3-21(14-28-22)19-4-6-23-20(13-19)8-12-34-23/h3-6,8,12-14,17-18H,1-2,7,9-11,15-16H2/t17-/m1/s1. The Labute approximate surface area is 202 Å². The van der Waals surface area contributed by atoms with E-state index in [-0.39, 0.29) is 11.8 Å². The first-order valence-corrected chi connectivity index (χ1v) is 13.1. The molecular formula is C27H26N4O2S. The summed E-state index contributed by atoms with van der Waals surface area (Å²) in [5, 5.41) is 3.35. The van der Waals surface area contributed by atoms with Gasteiger partial charge >= 0.3 is 0 Å². The molecule has 1 spiro atoms. The zero-order chi connectivity index (χ0) is 22.9. The van der Waals surface area contributed by atoms with Crippen LogP contribution in [0.25, 0.3) is 21.2 Å². The van der Waals surface area contributed by atoms with E-state index in [1.54, 1.807) is 11.3 Å². The summed E-state index contributed by atoms with van der Waals surface area (Å²) >= 11 is 1.74. The molecule has 6 nitrogen and oxygen atoms in total. The number of rotatable bonds is 5. The minimum Gasteiger partial charge on any atom is -0.342 e. The summed E-state index contributed by atoms with van der Waals surface area (Å²) in [5.74, 6) is 1.67. The number of pyridine rings is 1. The topological polar surface area (TPSA) is 65.9 Å². The average Bonchev–Trinajstić information content (AvgIpc) is 3.74. The molecule has 4 aliphatic rings. The molecule has 2 aliphatic heterocycles. The first kappa shape index (κ1) is 20.3. The highest BCUT2D eigenvalue weighted by Crippen LogP contribution is 2.46. The van der Waals surface area contributed by atoms with Gasteiger partial charge in [0.05, 0.1) is 0 Å². The fraction of sp³-hybridized carbons (Fsp3) is 0.407. The number of likely N-dealkylation sites (tertiary alicyclic amines) is 1. The number of carbonyl (C=O) groups excluding carboxylic acids is 2. The number of hydrogen-bond donors (Lipinski definition) is 0. The molecule has 172 valence electrons. The SMILES string of the molecule is O=C(C1CC1)N1CC[C@@H](CN2C(=O)C3(CC3)N=C2c2ccc(-c3ccc4sccc4c3)cn2)C1. The van der Waals surface area contributed by atoms with Crippen LogP contribution in [0.4, 0.5) is 0 Å². The highest BCUT2D eigenvalue weighted by molar-refractivity contribution is 7.17. The molecule has 34 heavy (non-hydrogen) atoms. The van der Waals surface area contributed by atoms with Gasteiger partial charge in [0, 0.05) is 42.0 Å². The van der Waals surface area contributed by atoms with Crippen LogP contribution in [-0.2, 0) is 9.59 Å². The highest BCUT2D eigenvalue weighted by Gasteiger charge is 2.57. The van der Waals surface area contributed by atoms with Crippen molar-refractivity contribution in [2.45, 2.75) is 37.6 Å². The lowest BCUT2D eigenvalue weighted by molar-refractivity contribution is -0.131. The molecule has 0 bridgehead atoms. The van der Waals surface area contributed by atoms with Crippen molar-refractivity contribution in [3.8, 4) is 11.1 Å². The second kappa shape index (κ2) is 7.47. The number of aliphatic imine (C=N–C) groups is 1. The molecule has 1 atom stereocenters. The van der Waals surface area contributed by atoms with Gasteiger partial charge in [-0.15, -0.1) is 11.3 Å². The van der Waals surface area contributed by atoms with Gasteiger partial charge in [0.25, 0.3) is 5.91 Å². The predicted octanol–water partition coefficient (Wildman–Crippen LogP) is 4.34. The molecule has 2 saturated carbocycles. The van der Waals surface area contributed by atoms with Gasteiger partial charge in [-0.3, -0.25) is 19.5 Å². The fourth-order valence-corrected chi connectivity index (χ4v) is 6.11. The minimum absolute atomic E-state index is 0.114. The van der Waals surface area contributed by atoms with Crippen LogP contribution >= 0.6 is 11.3 Å². The maximum absolute atomic E-state index is 13.3. The molecule has 7 rings (SSSR count). The normalized spacial score (nSPS) is 23.2. The maximum atomic E-state index is 13.3. The van der Waals surface area contributed by atoms with Crippen molar-refractivity contribution in [3.63, 3.8) is 0 Å². The van der Waals surface area contributed by atoms with Crippen LogP contribution in [0.5, 0.6) is 0 Å². The molecule has 7 heteroatoms. The molecular weight excluding hydrogens is 444 g/mol. The van der Waals surface area contributed by atoms with Crippen molar-refractivity contribution < 1.29 is 9.59 Å². The van der Waals surface area contributed by atoms with E-state index in [2.05, 4.69) is 35.7 Å². The second-order valence-corrected chi connectivity index (χ2v) is 11.1. The Morgan fingerprint density at radius 2 is 1.94 bits per heavy atom. The van der Waals surface area contributed by atoms with Gasteiger partial charge in [0.1, 0.15) is 11.2 Å². The van der Waals surface area contributed by atoms with E-state index in [1.165, 1.54) is 10.1 Å². The zero-order valence-electron chi connectivity index (χ0n) is 18.9. The summed E-state index contributed by atoms with van der Waals surface area (Å²) in [6, 6.07) is 12.7. The van der Waals surface area contributed by atoms with Crippen LogP contribution in [0.2, 0.25) is 0 Å². The van der Waals surface area contributed by atoms with E-state index < -0.39 is 5.54 Å². The number of thiophene rings is 1. The van der Waals surface area contributed by atoms with Gasteiger partial charge in [-0.25, -0.2) is 4.99 Å². The lowest BCUT2D eigenvalue weighted by Gasteiger charge is -2.23. The van der Waals surface area contributed by atoms with Crippen LogP contribution in [0, 0.1) is 11.8 Å². The average molecular weight is 471 g/mol. The van der Waals surface area contributed by atoms with Crippen molar-refractivity contribution in [1.29, 1.82) is 0 Å². The third-order valence-corrected chi connectivity index (χ3v) is 8.58. The van der Waals surface area contributed by atoms with Crippen molar-refractivity contribution in [3.05, 3.63) is 53.7 Å². The van der Waals surface area contributed by atoms with Gasteiger partial charge in [-0.05, 0) is 78.6 Å². The smallest absolute Gasteiger partial charge is 0.256 e. The Hall–Kier alpha value is -3.06. The number of nitrogens with zero attached hydrogens (tertiary/aromatic N) is 4. The van der Waals surface area contributed by atoms with Crippen molar-refractivity contribution in [2.75, 3.05) is 19.6 Å². The lowest BCUT2D eigenvalue weighted by Crippen LogP contribution is -2.41. The Morgan fingerprint density at radius 3 is 2.71 bits per heavy atom. The Morgan fingerprint density at radius 1 is 1.09 bits per heavy atom. The number of aromatic nitrogens is 1. The summed E-state index contributed by atoms with van der Waals surface area (Å²) < 4.78 is 1.28. The summed E-state index contributed by atoms with van der Waals surface area (Å²) in [6.07, 6.45) is 6.54. The third kappa shape index (κ3) is 3.36. The molecule has 3 fully saturated rings. The van der Waals surface area contributed by atoms with E-state index in [0.717, 1.165) is 62.0 Å². The van der Waals surface area contributed by atoms with E-state index in [9.17, 15) is 9.59 Å². The van der Waals surface area contributed by atoms with Gasteiger partial charge in [0.15, 0.2) is 5.84 Å². The molecule has 1 saturated heterocycles. The lowest BCUT2D eigenvalue weighted by atomic mass is 10.1. The Bertz CT molecular complexity index is 1340. The Balaban J connectivity index is 1.12. The monoisotopic (exact) mass is 470 g/mol. The quantitative estimate of drug-likeness (QED) is 0.557. The van der Waals surface area contributed by atoms with Crippen LogP contribution in [0.3, 0.4) is 0 Å². The van der Waals surface area contributed by atoms with Crippen molar-refractivity contribution in [2.24, 2.45) is 16.8 Å². The number of hydrogen-bond acceptors (Lipinski definition) is 5. The van der Waals surface area contributed by atoms with E-state index >= 15 is 0 Å². The molecule has 0 N–H and O–H groups in total. The number of benzene rings is 1. The van der Waals surface area contributed by atoms with Crippen LogP contribution < -0.4 is 0 Å². The summed E-state index contributed by atoms with van der Waals surface area (Å²) in [6.45, 7) is 2.17. The first-order chi connectivity index (χ1) is 16.6. The molecule has 0 unspecified atom stereocenters. The van der Waals surface area contributed by atoms with Crippen LogP contribution in [-0.4, -0.2) is 57.6 Å². The molecule has 0 radical (unpaired) electrons. The number of amides is 2. The fourth-order valence-electron chi connectivity index (χ4n) is 5.34. The van der Waals surface area contributed by atoms with Crippen molar-refractivity contribution >= 4 is 39.1 Å². The van der Waals surface area contributed by atoms with Gasteiger partial charge < -0.3 is 4.90 Å². The predicted molar refractivity (Wildman–Crippen MR) is 133 cm³/mol. The molecule has 2 amide bonds. The van der Waals surface area contributed by atoms with Crippen molar-refractivity contribution in [1.82, 2.24) is 14.8 Å². The largest absolute Gasteiger partial charge is 0.342 e. The molecule has 2 aromatic heterocycles. The zero-order valence-corrected chi connectivity index (χ0v) is 19.8. The van der Waals surface area contributed by atoms with Gasteiger partial charge in [-0.2, -0.15) is 0 Å². The third-order valence-electron chi connectivity index (χ3n) is 7.69. The van der Waals surface area contributed by atoms with Gasteiger partial charge in [-0.1, -0.05) is 12.1 Å². The molecule has 2 aliphatic carbocycles. The van der Waals surface area contributed by atoms with Crippen LogP contribution in [0.15, 0.2) is 53.0 Å². The number of amidine groups is 1. The first-order valence-electron chi connectivity index (χ1n) is 12.2. The number of fused-ring (bicyclic) bond motifs is 1. The second-order valence-electron chi connectivity index (χ2n) is 10.2. The molecule has 3 aromatic rings. The molecule has 4 heterocycles. The molecule has 1 aromatic carbocycles. The van der Waals surface area contributed by atoms with E-state index in [4.69, 9.17) is 9.98 Å². The van der Waals surface area contributed by atoms with E-state index in [1.807, 2.05) is 22.1 Å². The minimum atomic E-state index is -0.554. The number of carbonyl (C=O) groups is 2. The van der Waals surface area contributed by atoms with Gasteiger partial charge in [0.2, 0.25) is 5.91 Å². The summed E-state index contributed by atoms with van der Waals surface area (Å²) in [5.41, 5.74) is 2.39. The van der Waals surface area contributed by atoms with E-state index in [0.29, 0.717) is 24.2 Å². The van der Waals surface area contributed by atoms with Crippen LogP contribution in [0.1, 0.15) is 37.8 Å². The summed E-state index contributed by atoms with van der Waals surface area (Å²) in [7, 11) is 0. The maximum Gasteiger partial charge on any atom is 0.256 e. The summed E-state index contributed by atoms with van der Waals surface area (Å²) in [4.78, 5) is 39.3.